The summed E-state index contributed by atoms with van der Waals surface area (Å²) in [6.45, 7) is 7.19. The van der Waals surface area contributed by atoms with Crippen molar-refractivity contribution < 1.29 is 19.7 Å². The standard InChI is InChI=1S/C6H14O2.C4H6O2/c1-3-5(2)4-6(7)8;1-3-4(5)6-2/h5-8H,3-4H2,1-2H3;3H,1H2,2H3. The SMILES string of the molecule is C=CC(=O)OC.CCC(C)CC(O)O. The van der Waals surface area contributed by atoms with Gasteiger partial charge in [-0.1, -0.05) is 26.8 Å². The Bertz CT molecular complexity index is 154. The summed E-state index contributed by atoms with van der Waals surface area (Å²) in [5.41, 5.74) is 0. The Balaban J connectivity index is 0. The Labute approximate surface area is 85.2 Å². The third kappa shape index (κ3) is 13.7. The molecule has 0 aromatic carbocycles. The monoisotopic (exact) mass is 204 g/mol. The fourth-order valence-electron chi connectivity index (χ4n) is 0.610. The van der Waals surface area contributed by atoms with E-state index in [2.05, 4.69) is 11.3 Å². The average molecular weight is 204 g/mol. The Morgan fingerprint density at radius 1 is 1.57 bits per heavy atom. The summed E-state index contributed by atoms with van der Waals surface area (Å²) in [6, 6.07) is 0. The summed E-state index contributed by atoms with van der Waals surface area (Å²) in [6.07, 6.45) is 1.50. The van der Waals surface area contributed by atoms with E-state index >= 15 is 0 Å². The minimum atomic E-state index is -1.12. The van der Waals surface area contributed by atoms with E-state index in [1.54, 1.807) is 0 Å². The minimum absolute atomic E-state index is 0.394. The number of ether oxygens (including phenoxy) is 1. The van der Waals surface area contributed by atoms with Crippen LogP contribution in [-0.2, 0) is 9.53 Å². The summed E-state index contributed by atoms with van der Waals surface area (Å²) >= 11 is 0. The summed E-state index contributed by atoms with van der Waals surface area (Å²) in [5.74, 6) is 0.0324. The molecule has 0 aliphatic carbocycles. The fourth-order valence-corrected chi connectivity index (χ4v) is 0.610. The predicted octanol–water partition coefficient (Wildman–Crippen LogP) is 1.08. The molecule has 14 heavy (non-hydrogen) atoms. The topological polar surface area (TPSA) is 66.8 Å². The number of hydrogen-bond acceptors (Lipinski definition) is 4. The molecule has 0 aromatic rings. The molecule has 0 amide bonds. The van der Waals surface area contributed by atoms with Crippen molar-refractivity contribution >= 4 is 5.97 Å². The van der Waals surface area contributed by atoms with Crippen LogP contribution in [0.2, 0.25) is 0 Å². The predicted molar refractivity (Wildman–Crippen MR) is 54.5 cm³/mol. The second-order valence-electron chi connectivity index (χ2n) is 2.96. The van der Waals surface area contributed by atoms with Gasteiger partial charge in [0.15, 0.2) is 6.29 Å². The highest BCUT2D eigenvalue weighted by Gasteiger charge is 2.02. The van der Waals surface area contributed by atoms with Crippen molar-refractivity contribution in [1.82, 2.24) is 0 Å². The lowest BCUT2D eigenvalue weighted by atomic mass is 10.1. The molecule has 0 aliphatic rings. The van der Waals surface area contributed by atoms with Gasteiger partial charge in [-0.05, 0) is 5.92 Å². The molecule has 4 nitrogen and oxygen atoms in total. The molecule has 0 aliphatic heterocycles. The van der Waals surface area contributed by atoms with Crippen LogP contribution in [0.1, 0.15) is 26.7 Å². The van der Waals surface area contributed by atoms with Crippen LogP contribution >= 0.6 is 0 Å². The van der Waals surface area contributed by atoms with Gasteiger partial charge in [0.1, 0.15) is 0 Å². The molecule has 0 spiro atoms. The first-order chi connectivity index (χ1) is 6.47. The highest BCUT2D eigenvalue weighted by Crippen LogP contribution is 2.07. The summed E-state index contributed by atoms with van der Waals surface area (Å²) < 4.78 is 4.14. The quantitative estimate of drug-likeness (QED) is 0.408. The van der Waals surface area contributed by atoms with E-state index in [0.717, 1.165) is 12.5 Å². The van der Waals surface area contributed by atoms with Crippen LogP contribution in [0.3, 0.4) is 0 Å². The summed E-state index contributed by atoms with van der Waals surface area (Å²) in [5, 5.41) is 16.8. The second-order valence-corrected chi connectivity index (χ2v) is 2.96. The van der Waals surface area contributed by atoms with E-state index in [1.807, 2.05) is 13.8 Å². The third-order valence-electron chi connectivity index (χ3n) is 1.68. The lowest BCUT2D eigenvalue weighted by Gasteiger charge is -2.08. The number of esters is 1. The molecule has 0 fully saturated rings. The van der Waals surface area contributed by atoms with Crippen molar-refractivity contribution in [2.45, 2.75) is 33.0 Å². The number of hydrogen-bond donors (Lipinski definition) is 2. The van der Waals surface area contributed by atoms with Gasteiger partial charge in [-0.2, -0.15) is 0 Å². The van der Waals surface area contributed by atoms with E-state index < -0.39 is 12.3 Å². The van der Waals surface area contributed by atoms with E-state index in [-0.39, 0.29) is 0 Å². The molecule has 84 valence electrons. The van der Waals surface area contributed by atoms with Gasteiger partial charge in [-0.15, -0.1) is 0 Å². The maximum Gasteiger partial charge on any atom is 0.329 e. The Hall–Kier alpha value is -0.870. The van der Waals surface area contributed by atoms with Crippen LogP contribution in [0.25, 0.3) is 0 Å². The van der Waals surface area contributed by atoms with Gasteiger partial charge >= 0.3 is 5.97 Å². The van der Waals surface area contributed by atoms with Gasteiger partial charge in [0.05, 0.1) is 7.11 Å². The molecular weight excluding hydrogens is 184 g/mol. The van der Waals surface area contributed by atoms with Crippen molar-refractivity contribution in [1.29, 1.82) is 0 Å². The molecule has 0 saturated carbocycles. The zero-order valence-electron chi connectivity index (χ0n) is 9.06. The van der Waals surface area contributed by atoms with Crippen molar-refractivity contribution in [3.05, 3.63) is 12.7 Å². The van der Waals surface area contributed by atoms with Crippen molar-refractivity contribution in [2.75, 3.05) is 7.11 Å². The van der Waals surface area contributed by atoms with Crippen LogP contribution < -0.4 is 0 Å². The maximum absolute atomic E-state index is 9.84. The van der Waals surface area contributed by atoms with Gasteiger partial charge in [0.2, 0.25) is 0 Å². The first-order valence-electron chi connectivity index (χ1n) is 4.54. The average Bonchev–Trinajstić information content (AvgIpc) is 2.16. The molecule has 0 radical (unpaired) electrons. The molecule has 0 aromatic heterocycles. The molecule has 4 heteroatoms. The number of aliphatic hydroxyl groups excluding tert-OH is 1. The summed E-state index contributed by atoms with van der Waals surface area (Å²) in [4.78, 5) is 9.84. The van der Waals surface area contributed by atoms with Crippen LogP contribution in [0, 0.1) is 5.92 Å². The largest absolute Gasteiger partial charge is 0.466 e. The molecule has 0 bridgehead atoms. The third-order valence-corrected chi connectivity index (χ3v) is 1.68. The van der Waals surface area contributed by atoms with Crippen LogP contribution in [-0.4, -0.2) is 29.6 Å². The maximum atomic E-state index is 9.84. The van der Waals surface area contributed by atoms with Gasteiger partial charge in [0, 0.05) is 12.5 Å². The Morgan fingerprint density at radius 2 is 2.07 bits per heavy atom. The normalized spacial score (nSPS) is 11.3. The van der Waals surface area contributed by atoms with Gasteiger partial charge < -0.3 is 14.9 Å². The fraction of sp³-hybridized carbons (Fsp3) is 0.700. The van der Waals surface area contributed by atoms with Gasteiger partial charge in [-0.3, -0.25) is 0 Å². The highest BCUT2D eigenvalue weighted by atomic mass is 16.5. The van der Waals surface area contributed by atoms with Crippen molar-refractivity contribution in [3.8, 4) is 0 Å². The number of carbonyl (C=O) groups is 1. The first-order valence-corrected chi connectivity index (χ1v) is 4.54. The van der Waals surface area contributed by atoms with E-state index in [9.17, 15) is 4.79 Å². The molecule has 1 atom stereocenters. The van der Waals surface area contributed by atoms with E-state index in [1.165, 1.54) is 7.11 Å². The number of aliphatic hydroxyl groups is 2. The Kier molecular flexibility index (Phi) is 11.4. The van der Waals surface area contributed by atoms with Crippen LogP contribution in [0.5, 0.6) is 0 Å². The number of rotatable bonds is 4. The van der Waals surface area contributed by atoms with Gasteiger partial charge in [-0.25, -0.2) is 4.79 Å². The van der Waals surface area contributed by atoms with Crippen LogP contribution in [0.4, 0.5) is 0 Å². The van der Waals surface area contributed by atoms with Crippen molar-refractivity contribution in [2.24, 2.45) is 5.92 Å². The molecule has 0 heterocycles. The lowest BCUT2D eigenvalue weighted by Crippen LogP contribution is -2.09. The number of carbonyl (C=O) groups excluding carboxylic acids is 1. The molecular formula is C10H20O4. The smallest absolute Gasteiger partial charge is 0.329 e. The molecule has 0 saturated heterocycles. The minimum Gasteiger partial charge on any atom is -0.466 e. The highest BCUT2D eigenvalue weighted by molar-refractivity contribution is 5.80. The number of methoxy groups -OCH3 is 1. The Morgan fingerprint density at radius 3 is 2.14 bits per heavy atom. The van der Waals surface area contributed by atoms with E-state index in [4.69, 9.17) is 10.2 Å². The second kappa shape index (κ2) is 10.2. The van der Waals surface area contributed by atoms with Crippen LogP contribution in [0.15, 0.2) is 12.7 Å². The van der Waals surface area contributed by atoms with Crippen molar-refractivity contribution in [3.63, 3.8) is 0 Å². The molecule has 2 N–H and O–H groups in total. The zero-order chi connectivity index (χ0) is 11.6. The molecule has 1 unspecified atom stereocenters. The van der Waals surface area contributed by atoms with Gasteiger partial charge in [0.25, 0.3) is 0 Å². The lowest BCUT2D eigenvalue weighted by molar-refractivity contribution is -0.134. The zero-order valence-corrected chi connectivity index (χ0v) is 9.06. The summed E-state index contributed by atoms with van der Waals surface area (Å²) in [7, 11) is 1.31. The first kappa shape index (κ1) is 15.6. The molecule has 0 rings (SSSR count). The van der Waals surface area contributed by atoms with E-state index in [0.29, 0.717) is 12.3 Å².